The third kappa shape index (κ3) is 4.13. The molecule has 0 aliphatic heterocycles. The van der Waals surface area contributed by atoms with Crippen molar-refractivity contribution in [2.45, 2.75) is 30.8 Å². The molecule has 160 valence electrons. The van der Waals surface area contributed by atoms with Gasteiger partial charge in [-0.1, -0.05) is 42.0 Å². The van der Waals surface area contributed by atoms with Gasteiger partial charge in [-0.2, -0.15) is 4.98 Å². The van der Waals surface area contributed by atoms with E-state index in [4.69, 9.17) is 14.0 Å². The van der Waals surface area contributed by atoms with Crippen molar-refractivity contribution in [2.75, 3.05) is 14.2 Å². The first-order chi connectivity index (χ1) is 15.2. The summed E-state index contributed by atoms with van der Waals surface area (Å²) in [6, 6.07) is 12.9. The molecule has 4 aromatic rings. The molecule has 0 aliphatic carbocycles. The molecule has 31 heavy (non-hydrogen) atoms. The van der Waals surface area contributed by atoms with Crippen LogP contribution >= 0.6 is 11.8 Å². The third-order valence-corrected chi connectivity index (χ3v) is 5.67. The maximum atomic E-state index is 12.9. The van der Waals surface area contributed by atoms with Crippen LogP contribution in [0.1, 0.15) is 19.2 Å². The summed E-state index contributed by atoms with van der Waals surface area (Å²) in [6.45, 7) is 2.62. The molecule has 0 aliphatic rings. The number of hydrogen-bond acceptors (Lipinski definition) is 8. The molecule has 0 N–H and O–H groups in total. The summed E-state index contributed by atoms with van der Waals surface area (Å²) < 4.78 is 17.9. The van der Waals surface area contributed by atoms with Crippen molar-refractivity contribution in [3.8, 4) is 22.9 Å². The van der Waals surface area contributed by atoms with Crippen molar-refractivity contribution in [3.05, 3.63) is 58.7 Å². The zero-order chi connectivity index (χ0) is 21.8. The van der Waals surface area contributed by atoms with Crippen LogP contribution in [0.15, 0.2) is 56.9 Å². The Kier molecular flexibility index (Phi) is 6.22. The Morgan fingerprint density at radius 3 is 2.68 bits per heavy atom. The first-order valence-electron chi connectivity index (χ1n) is 9.82. The second-order valence-electron chi connectivity index (χ2n) is 6.71. The molecule has 0 radical (unpaired) electrons. The summed E-state index contributed by atoms with van der Waals surface area (Å²) in [7, 11) is 3.14. The van der Waals surface area contributed by atoms with E-state index in [2.05, 4.69) is 15.1 Å². The largest absolute Gasteiger partial charge is 0.493 e. The van der Waals surface area contributed by atoms with Crippen LogP contribution in [0, 0.1) is 0 Å². The molecule has 2 aromatic carbocycles. The minimum absolute atomic E-state index is 0.0396. The fourth-order valence-corrected chi connectivity index (χ4v) is 4.15. The predicted octanol–water partition coefficient (Wildman–Crippen LogP) is 4.17. The highest BCUT2D eigenvalue weighted by molar-refractivity contribution is 7.98. The molecular weight excluding hydrogens is 416 g/mol. The molecule has 9 heteroatoms. The fourth-order valence-electron chi connectivity index (χ4n) is 3.29. The minimum Gasteiger partial charge on any atom is -0.493 e. The van der Waals surface area contributed by atoms with E-state index in [0.29, 0.717) is 57.1 Å². The topological polar surface area (TPSA) is 92.3 Å². The van der Waals surface area contributed by atoms with E-state index in [1.165, 1.54) is 11.8 Å². The lowest BCUT2D eigenvalue weighted by molar-refractivity contribution is 0.355. The SMILES string of the molecule is CCCn1c(SCc2nc(-c3cccc(OC)c3OC)no2)nc2ccccc2c1=O. The Morgan fingerprint density at radius 2 is 1.90 bits per heavy atom. The first kappa shape index (κ1) is 20.9. The first-order valence-corrected chi connectivity index (χ1v) is 10.8. The van der Waals surface area contributed by atoms with Crippen LogP contribution in [0.4, 0.5) is 0 Å². The molecule has 2 heterocycles. The average Bonchev–Trinajstić information content (AvgIpc) is 3.28. The zero-order valence-corrected chi connectivity index (χ0v) is 18.3. The Morgan fingerprint density at radius 1 is 1.06 bits per heavy atom. The van der Waals surface area contributed by atoms with E-state index >= 15 is 0 Å². The minimum atomic E-state index is -0.0396. The molecule has 0 saturated heterocycles. The van der Waals surface area contributed by atoms with Crippen molar-refractivity contribution in [1.82, 2.24) is 19.7 Å². The quantitative estimate of drug-likeness (QED) is 0.299. The van der Waals surface area contributed by atoms with Crippen molar-refractivity contribution in [3.63, 3.8) is 0 Å². The molecule has 0 unspecified atom stereocenters. The second kappa shape index (κ2) is 9.22. The van der Waals surface area contributed by atoms with Gasteiger partial charge in [-0.05, 0) is 30.7 Å². The standard InChI is InChI=1S/C22H22N4O4S/c1-4-12-26-21(27)14-8-5-6-10-16(14)23-22(26)31-13-18-24-20(25-30-18)15-9-7-11-17(28-2)19(15)29-3/h5-11H,4,12-13H2,1-3H3. The van der Waals surface area contributed by atoms with Gasteiger partial charge < -0.3 is 14.0 Å². The number of para-hydroxylation sites is 2. The van der Waals surface area contributed by atoms with E-state index < -0.39 is 0 Å². The van der Waals surface area contributed by atoms with Crippen molar-refractivity contribution in [2.24, 2.45) is 0 Å². The molecule has 0 amide bonds. The Hall–Kier alpha value is -3.33. The van der Waals surface area contributed by atoms with Crippen LogP contribution in [-0.4, -0.2) is 33.9 Å². The smallest absolute Gasteiger partial charge is 0.262 e. The number of fused-ring (bicyclic) bond motifs is 1. The number of rotatable bonds is 8. The molecular formula is C22H22N4O4S. The van der Waals surface area contributed by atoms with Gasteiger partial charge in [0.15, 0.2) is 16.7 Å². The molecule has 0 spiro atoms. The van der Waals surface area contributed by atoms with Crippen LogP contribution in [0.2, 0.25) is 0 Å². The third-order valence-electron chi connectivity index (χ3n) is 4.71. The summed E-state index contributed by atoms with van der Waals surface area (Å²) in [4.78, 5) is 22.1. The summed E-state index contributed by atoms with van der Waals surface area (Å²) in [6.07, 6.45) is 0.827. The van der Waals surface area contributed by atoms with Crippen molar-refractivity contribution < 1.29 is 14.0 Å². The normalized spacial score (nSPS) is 11.1. The van der Waals surface area contributed by atoms with Gasteiger partial charge in [0.25, 0.3) is 5.56 Å². The van der Waals surface area contributed by atoms with Crippen LogP contribution in [0.3, 0.4) is 0 Å². The van der Waals surface area contributed by atoms with Gasteiger partial charge in [0.1, 0.15) is 0 Å². The van der Waals surface area contributed by atoms with Gasteiger partial charge in [0.2, 0.25) is 11.7 Å². The molecule has 0 saturated carbocycles. The molecule has 8 nitrogen and oxygen atoms in total. The van der Waals surface area contributed by atoms with Gasteiger partial charge in [0.05, 0.1) is 36.4 Å². The lowest BCUT2D eigenvalue weighted by atomic mass is 10.2. The van der Waals surface area contributed by atoms with E-state index in [-0.39, 0.29) is 5.56 Å². The lowest BCUT2D eigenvalue weighted by Gasteiger charge is -2.11. The number of methoxy groups -OCH3 is 2. The van der Waals surface area contributed by atoms with Crippen LogP contribution in [-0.2, 0) is 12.3 Å². The van der Waals surface area contributed by atoms with Crippen molar-refractivity contribution >= 4 is 22.7 Å². The number of benzene rings is 2. The highest BCUT2D eigenvalue weighted by Crippen LogP contribution is 2.36. The Balaban J connectivity index is 1.62. The zero-order valence-electron chi connectivity index (χ0n) is 17.5. The number of nitrogens with zero attached hydrogens (tertiary/aromatic N) is 4. The summed E-state index contributed by atoms with van der Waals surface area (Å²) in [5, 5.41) is 5.33. The summed E-state index contributed by atoms with van der Waals surface area (Å²) in [5.74, 6) is 2.34. The van der Waals surface area contributed by atoms with Gasteiger partial charge >= 0.3 is 0 Å². The van der Waals surface area contributed by atoms with Crippen LogP contribution in [0.25, 0.3) is 22.3 Å². The number of thioether (sulfide) groups is 1. The summed E-state index contributed by atoms with van der Waals surface area (Å²) >= 11 is 1.39. The van der Waals surface area contributed by atoms with Crippen molar-refractivity contribution in [1.29, 1.82) is 0 Å². The number of hydrogen-bond donors (Lipinski definition) is 0. The van der Waals surface area contributed by atoms with Gasteiger partial charge in [-0.15, -0.1) is 0 Å². The molecule has 0 atom stereocenters. The van der Waals surface area contributed by atoms with Crippen LogP contribution < -0.4 is 15.0 Å². The predicted molar refractivity (Wildman–Crippen MR) is 119 cm³/mol. The molecule has 0 fully saturated rings. The monoisotopic (exact) mass is 438 g/mol. The lowest BCUT2D eigenvalue weighted by Crippen LogP contribution is -2.23. The fraction of sp³-hybridized carbons (Fsp3) is 0.273. The van der Waals surface area contributed by atoms with Gasteiger partial charge in [-0.25, -0.2) is 4.98 Å². The Bertz CT molecular complexity index is 1270. The Labute approximate surface area is 183 Å². The number of ether oxygens (including phenoxy) is 2. The van der Waals surface area contributed by atoms with Gasteiger partial charge in [-0.3, -0.25) is 9.36 Å². The second-order valence-corrected chi connectivity index (χ2v) is 7.65. The number of aromatic nitrogens is 4. The highest BCUT2D eigenvalue weighted by Gasteiger charge is 2.18. The highest BCUT2D eigenvalue weighted by atomic mass is 32.2. The van der Waals surface area contributed by atoms with E-state index in [0.717, 1.165) is 6.42 Å². The maximum Gasteiger partial charge on any atom is 0.262 e. The van der Waals surface area contributed by atoms with E-state index in [9.17, 15) is 4.79 Å². The van der Waals surface area contributed by atoms with E-state index in [1.807, 2.05) is 37.3 Å². The van der Waals surface area contributed by atoms with Crippen LogP contribution in [0.5, 0.6) is 11.5 Å². The molecule has 2 aromatic heterocycles. The average molecular weight is 439 g/mol. The van der Waals surface area contributed by atoms with E-state index in [1.54, 1.807) is 30.9 Å². The van der Waals surface area contributed by atoms with Gasteiger partial charge in [0, 0.05) is 6.54 Å². The molecule has 0 bridgehead atoms. The summed E-state index contributed by atoms with van der Waals surface area (Å²) in [5.41, 5.74) is 1.31. The molecule has 4 rings (SSSR count). The maximum absolute atomic E-state index is 12.9.